The molecule has 0 aliphatic heterocycles. The zero-order valence-electron chi connectivity index (χ0n) is 10.4. The molecule has 0 bridgehead atoms. The van der Waals surface area contributed by atoms with Crippen LogP contribution in [0.5, 0.6) is 0 Å². The second kappa shape index (κ2) is 5.78. The van der Waals surface area contributed by atoms with E-state index in [1.165, 1.54) is 17.2 Å². The Bertz CT molecular complexity index is 522. The lowest BCUT2D eigenvalue weighted by Crippen LogP contribution is -2.03. The second-order valence-corrected chi connectivity index (χ2v) is 4.50. The van der Waals surface area contributed by atoms with Gasteiger partial charge in [0.25, 0.3) is 0 Å². The van der Waals surface area contributed by atoms with Crippen LogP contribution in [0.1, 0.15) is 29.2 Å². The SMILES string of the molecule is Cc1ccccc1CCC(O)c1ccccc1F. The van der Waals surface area contributed by atoms with Crippen LogP contribution in [-0.2, 0) is 6.42 Å². The van der Waals surface area contributed by atoms with E-state index in [0.29, 0.717) is 12.0 Å². The number of aliphatic hydroxyl groups is 1. The van der Waals surface area contributed by atoms with Gasteiger partial charge in [-0.3, -0.25) is 0 Å². The fraction of sp³-hybridized carbons (Fsp3) is 0.250. The predicted octanol–water partition coefficient (Wildman–Crippen LogP) is 3.80. The monoisotopic (exact) mass is 244 g/mol. The smallest absolute Gasteiger partial charge is 0.128 e. The number of aliphatic hydroxyl groups excluding tert-OH is 1. The summed E-state index contributed by atoms with van der Waals surface area (Å²) in [6, 6.07) is 14.5. The van der Waals surface area contributed by atoms with E-state index in [1.807, 2.05) is 31.2 Å². The van der Waals surface area contributed by atoms with Crippen molar-refractivity contribution in [3.05, 3.63) is 71.0 Å². The van der Waals surface area contributed by atoms with E-state index in [0.717, 1.165) is 6.42 Å². The van der Waals surface area contributed by atoms with Crippen LogP contribution in [-0.4, -0.2) is 5.11 Å². The number of benzene rings is 2. The molecule has 0 saturated heterocycles. The minimum Gasteiger partial charge on any atom is -0.388 e. The first-order chi connectivity index (χ1) is 8.68. The number of rotatable bonds is 4. The molecular weight excluding hydrogens is 227 g/mol. The molecule has 0 heterocycles. The molecule has 0 amide bonds. The van der Waals surface area contributed by atoms with Crippen molar-refractivity contribution in [3.63, 3.8) is 0 Å². The molecule has 0 aromatic heterocycles. The number of hydrogen-bond acceptors (Lipinski definition) is 1. The number of aryl methyl sites for hydroxylation is 2. The number of hydrogen-bond donors (Lipinski definition) is 1. The van der Waals surface area contributed by atoms with Gasteiger partial charge >= 0.3 is 0 Å². The summed E-state index contributed by atoms with van der Waals surface area (Å²) in [5, 5.41) is 10.0. The maximum absolute atomic E-state index is 13.5. The summed E-state index contributed by atoms with van der Waals surface area (Å²) in [7, 11) is 0. The van der Waals surface area contributed by atoms with Crippen LogP contribution in [0.25, 0.3) is 0 Å². The van der Waals surface area contributed by atoms with Gasteiger partial charge in [-0.15, -0.1) is 0 Å². The Hall–Kier alpha value is -1.67. The maximum Gasteiger partial charge on any atom is 0.128 e. The van der Waals surface area contributed by atoms with Gasteiger partial charge in [0.2, 0.25) is 0 Å². The van der Waals surface area contributed by atoms with E-state index in [-0.39, 0.29) is 5.82 Å². The first kappa shape index (κ1) is 12.8. The van der Waals surface area contributed by atoms with Crippen molar-refractivity contribution in [1.29, 1.82) is 0 Å². The van der Waals surface area contributed by atoms with Crippen molar-refractivity contribution in [2.75, 3.05) is 0 Å². The molecule has 1 atom stereocenters. The van der Waals surface area contributed by atoms with Gasteiger partial charge in [-0.2, -0.15) is 0 Å². The molecule has 2 aromatic rings. The van der Waals surface area contributed by atoms with Gasteiger partial charge in [0.05, 0.1) is 6.10 Å². The molecule has 0 aliphatic carbocycles. The van der Waals surface area contributed by atoms with Crippen LogP contribution in [0.4, 0.5) is 4.39 Å². The van der Waals surface area contributed by atoms with Crippen LogP contribution in [0.3, 0.4) is 0 Å². The molecule has 1 N–H and O–H groups in total. The van der Waals surface area contributed by atoms with E-state index in [2.05, 4.69) is 0 Å². The Balaban J connectivity index is 2.03. The normalized spacial score (nSPS) is 12.4. The van der Waals surface area contributed by atoms with E-state index in [1.54, 1.807) is 18.2 Å². The summed E-state index contributed by atoms with van der Waals surface area (Å²) in [4.78, 5) is 0. The molecule has 2 rings (SSSR count). The van der Waals surface area contributed by atoms with Gasteiger partial charge in [-0.05, 0) is 37.0 Å². The summed E-state index contributed by atoms with van der Waals surface area (Å²) in [6.07, 6.45) is 0.541. The first-order valence-corrected chi connectivity index (χ1v) is 6.15. The molecule has 0 saturated carbocycles. The summed E-state index contributed by atoms with van der Waals surface area (Å²) in [5.41, 5.74) is 2.79. The standard InChI is InChI=1S/C16H17FO/c1-12-6-2-3-7-13(12)10-11-16(18)14-8-4-5-9-15(14)17/h2-9,16,18H,10-11H2,1H3. The zero-order valence-corrected chi connectivity index (χ0v) is 10.4. The molecule has 94 valence electrons. The van der Waals surface area contributed by atoms with Gasteiger partial charge in [-0.25, -0.2) is 4.39 Å². The molecule has 0 radical (unpaired) electrons. The minimum atomic E-state index is -0.745. The molecule has 18 heavy (non-hydrogen) atoms. The molecular formula is C16H17FO. The maximum atomic E-state index is 13.5. The third-order valence-corrected chi connectivity index (χ3v) is 3.21. The molecule has 0 spiro atoms. The summed E-state index contributed by atoms with van der Waals surface area (Å²) in [6.45, 7) is 2.05. The topological polar surface area (TPSA) is 20.2 Å². The van der Waals surface area contributed by atoms with Crippen LogP contribution < -0.4 is 0 Å². The minimum absolute atomic E-state index is 0.338. The lowest BCUT2D eigenvalue weighted by molar-refractivity contribution is 0.163. The average molecular weight is 244 g/mol. The van der Waals surface area contributed by atoms with E-state index in [9.17, 15) is 9.50 Å². The van der Waals surface area contributed by atoms with Gasteiger partial charge in [-0.1, -0.05) is 42.5 Å². The van der Waals surface area contributed by atoms with Crippen molar-refractivity contribution in [1.82, 2.24) is 0 Å². The van der Waals surface area contributed by atoms with Crippen LogP contribution in [0, 0.1) is 12.7 Å². The Morgan fingerprint density at radius 3 is 2.44 bits per heavy atom. The third kappa shape index (κ3) is 2.96. The molecule has 2 heteroatoms. The Kier molecular flexibility index (Phi) is 4.11. The second-order valence-electron chi connectivity index (χ2n) is 4.50. The van der Waals surface area contributed by atoms with Gasteiger partial charge in [0.1, 0.15) is 5.82 Å². The van der Waals surface area contributed by atoms with E-state index >= 15 is 0 Å². The lowest BCUT2D eigenvalue weighted by atomic mass is 9.98. The fourth-order valence-corrected chi connectivity index (χ4v) is 2.08. The molecule has 1 nitrogen and oxygen atoms in total. The number of halogens is 1. The van der Waals surface area contributed by atoms with Gasteiger partial charge in [0, 0.05) is 5.56 Å². The molecule has 0 fully saturated rings. The molecule has 2 aromatic carbocycles. The van der Waals surface area contributed by atoms with E-state index < -0.39 is 6.10 Å². The zero-order chi connectivity index (χ0) is 13.0. The summed E-state index contributed by atoms with van der Waals surface area (Å²) in [5.74, 6) is -0.338. The quantitative estimate of drug-likeness (QED) is 0.867. The predicted molar refractivity (Wildman–Crippen MR) is 70.9 cm³/mol. The largest absolute Gasteiger partial charge is 0.388 e. The van der Waals surface area contributed by atoms with Crippen molar-refractivity contribution < 1.29 is 9.50 Å². The highest BCUT2D eigenvalue weighted by Gasteiger charge is 2.12. The Morgan fingerprint density at radius 2 is 1.72 bits per heavy atom. The fourth-order valence-electron chi connectivity index (χ4n) is 2.08. The van der Waals surface area contributed by atoms with Crippen molar-refractivity contribution in [2.45, 2.75) is 25.9 Å². The molecule has 1 unspecified atom stereocenters. The van der Waals surface area contributed by atoms with Crippen LogP contribution in [0.2, 0.25) is 0 Å². The van der Waals surface area contributed by atoms with E-state index in [4.69, 9.17) is 0 Å². The van der Waals surface area contributed by atoms with Crippen molar-refractivity contribution >= 4 is 0 Å². The lowest BCUT2D eigenvalue weighted by Gasteiger charge is -2.12. The third-order valence-electron chi connectivity index (χ3n) is 3.21. The Labute approximate surface area is 107 Å². The molecule has 0 aliphatic rings. The highest BCUT2D eigenvalue weighted by atomic mass is 19.1. The van der Waals surface area contributed by atoms with Crippen molar-refractivity contribution in [3.8, 4) is 0 Å². The summed E-state index contributed by atoms with van der Waals surface area (Å²) >= 11 is 0. The first-order valence-electron chi connectivity index (χ1n) is 6.15. The Morgan fingerprint density at radius 1 is 1.06 bits per heavy atom. The van der Waals surface area contributed by atoms with Crippen LogP contribution in [0.15, 0.2) is 48.5 Å². The average Bonchev–Trinajstić information content (AvgIpc) is 2.38. The summed E-state index contributed by atoms with van der Waals surface area (Å²) < 4.78 is 13.5. The van der Waals surface area contributed by atoms with Gasteiger partial charge in [0.15, 0.2) is 0 Å². The van der Waals surface area contributed by atoms with Crippen molar-refractivity contribution in [2.24, 2.45) is 0 Å². The van der Waals surface area contributed by atoms with Crippen LogP contribution >= 0.6 is 0 Å². The highest BCUT2D eigenvalue weighted by molar-refractivity contribution is 5.26. The highest BCUT2D eigenvalue weighted by Crippen LogP contribution is 2.22. The van der Waals surface area contributed by atoms with Gasteiger partial charge < -0.3 is 5.11 Å².